The quantitative estimate of drug-likeness (QED) is 0.833. The highest BCUT2D eigenvalue weighted by atomic mass is 35.5. The maximum atomic E-state index is 12.1. The molecule has 0 spiro atoms. The summed E-state index contributed by atoms with van der Waals surface area (Å²) in [5.74, 6) is 0.890. The Morgan fingerprint density at radius 2 is 1.83 bits per heavy atom. The molecule has 7 heteroatoms. The van der Waals surface area contributed by atoms with Gasteiger partial charge in [-0.2, -0.15) is 0 Å². The van der Waals surface area contributed by atoms with Gasteiger partial charge in [0.1, 0.15) is 11.5 Å². The number of rotatable bonds is 6. The predicted molar refractivity (Wildman–Crippen MR) is 94.7 cm³/mol. The first-order chi connectivity index (χ1) is 11.4. The summed E-state index contributed by atoms with van der Waals surface area (Å²) < 4.78 is 10.5. The molecule has 0 saturated carbocycles. The summed E-state index contributed by atoms with van der Waals surface area (Å²) in [7, 11) is 3.09. The summed E-state index contributed by atoms with van der Waals surface area (Å²) >= 11 is 6.10. The maximum absolute atomic E-state index is 12.1. The number of pyridine rings is 1. The van der Waals surface area contributed by atoms with Crippen LogP contribution >= 0.6 is 11.6 Å². The van der Waals surface area contributed by atoms with E-state index in [1.807, 2.05) is 13.8 Å². The molecular weight excluding hydrogens is 330 g/mol. The van der Waals surface area contributed by atoms with E-state index in [-0.39, 0.29) is 11.9 Å². The van der Waals surface area contributed by atoms with Crippen molar-refractivity contribution in [2.45, 2.75) is 19.9 Å². The second-order valence-corrected chi connectivity index (χ2v) is 5.81. The zero-order valence-corrected chi connectivity index (χ0v) is 14.8. The van der Waals surface area contributed by atoms with Crippen molar-refractivity contribution in [2.24, 2.45) is 0 Å². The van der Waals surface area contributed by atoms with Crippen LogP contribution in [-0.4, -0.2) is 31.2 Å². The van der Waals surface area contributed by atoms with Crippen molar-refractivity contribution in [1.82, 2.24) is 10.3 Å². The molecule has 2 rings (SSSR count). The average Bonchev–Trinajstić information content (AvgIpc) is 2.55. The van der Waals surface area contributed by atoms with E-state index in [1.54, 1.807) is 31.5 Å². The van der Waals surface area contributed by atoms with E-state index in [4.69, 9.17) is 21.1 Å². The summed E-state index contributed by atoms with van der Waals surface area (Å²) in [6.07, 6.45) is 3.13. The SMILES string of the molecule is COc1cc(Nc2cncc(C(=O)NC(C)C)c2)c(OC)cc1Cl. The summed E-state index contributed by atoms with van der Waals surface area (Å²) in [6.45, 7) is 3.80. The minimum Gasteiger partial charge on any atom is -0.495 e. The zero-order valence-electron chi connectivity index (χ0n) is 14.0. The largest absolute Gasteiger partial charge is 0.495 e. The molecule has 0 unspecified atom stereocenters. The fraction of sp³-hybridized carbons (Fsp3) is 0.294. The van der Waals surface area contributed by atoms with Crippen LogP contribution in [0.4, 0.5) is 11.4 Å². The van der Waals surface area contributed by atoms with Crippen LogP contribution in [0.2, 0.25) is 5.02 Å². The summed E-state index contributed by atoms with van der Waals surface area (Å²) in [5, 5.41) is 6.44. The number of methoxy groups -OCH3 is 2. The average molecular weight is 350 g/mol. The Labute approximate surface area is 146 Å². The van der Waals surface area contributed by atoms with Gasteiger partial charge in [-0.05, 0) is 19.9 Å². The third-order valence-corrected chi connectivity index (χ3v) is 3.47. The van der Waals surface area contributed by atoms with Gasteiger partial charge in [0.2, 0.25) is 0 Å². The molecule has 0 radical (unpaired) electrons. The smallest absolute Gasteiger partial charge is 0.253 e. The van der Waals surface area contributed by atoms with Gasteiger partial charge in [-0.1, -0.05) is 11.6 Å². The van der Waals surface area contributed by atoms with E-state index in [0.717, 1.165) is 0 Å². The fourth-order valence-electron chi connectivity index (χ4n) is 2.09. The van der Waals surface area contributed by atoms with E-state index in [9.17, 15) is 4.79 Å². The molecule has 1 aromatic carbocycles. The number of nitrogens with one attached hydrogen (secondary N) is 2. The lowest BCUT2D eigenvalue weighted by Crippen LogP contribution is -2.30. The topological polar surface area (TPSA) is 72.5 Å². The van der Waals surface area contributed by atoms with Gasteiger partial charge in [-0.3, -0.25) is 9.78 Å². The molecular formula is C17H20ClN3O3. The van der Waals surface area contributed by atoms with Crippen LogP contribution in [0.3, 0.4) is 0 Å². The van der Waals surface area contributed by atoms with Crippen LogP contribution in [0.1, 0.15) is 24.2 Å². The lowest BCUT2D eigenvalue weighted by atomic mass is 10.2. The van der Waals surface area contributed by atoms with Crippen molar-refractivity contribution in [1.29, 1.82) is 0 Å². The molecule has 0 aliphatic rings. The number of carbonyl (C=O) groups excluding carboxylic acids is 1. The van der Waals surface area contributed by atoms with E-state index >= 15 is 0 Å². The molecule has 0 fully saturated rings. The second kappa shape index (κ2) is 7.88. The highest BCUT2D eigenvalue weighted by Gasteiger charge is 2.12. The molecule has 2 N–H and O–H groups in total. The van der Waals surface area contributed by atoms with Gasteiger partial charge < -0.3 is 20.1 Å². The highest BCUT2D eigenvalue weighted by molar-refractivity contribution is 6.32. The molecule has 0 aliphatic heterocycles. The summed E-state index contributed by atoms with van der Waals surface area (Å²) in [4.78, 5) is 16.2. The molecule has 0 bridgehead atoms. The molecule has 1 amide bonds. The third-order valence-electron chi connectivity index (χ3n) is 3.17. The fourth-order valence-corrected chi connectivity index (χ4v) is 2.32. The van der Waals surface area contributed by atoms with Gasteiger partial charge in [-0.15, -0.1) is 0 Å². The van der Waals surface area contributed by atoms with Crippen molar-refractivity contribution >= 4 is 28.9 Å². The molecule has 0 saturated heterocycles. The second-order valence-electron chi connectivity index (χ2n) is 5.40. The Bertz CT molecular complexity index is 735. The van der Waals surface area contributed by atoms with Crippen molar-refractivity contribution in [3.63, 3.8) is 0 Å². The molecule has 1 heterocycles. The lowest BCUT2D eigenvalue weighted by molar-refractivity contribution is 0.0943. The minimum atomic E-state index is -0.179. The molecule has 24 heavy (non-hydrogen) atoms. The molecule has 6 nitrogen and oxygen atoms in total. The number of hydrogen-bond donors (Lipinski definition) is 2. The number of ether oxygens (including phenoxy) is 2. The van der Waals surface area contributed by atoms with Crippen LogP contribution in [0.15, 0.2) is 30.6 Å². The zero-order chi connectivity index (χ0) is 17.7. The van der Waals surface area contributed by atoms with Crippen LogP contribution in [0.25, 0.3) is 0 Å². The number of anilines is 2. The maximum Gasteiger partial charge on any atom is 0.253 e. The molecule has 0 atom stereocenters. The van der Waals surface area contributed by atoms with Crippen LogP contribution in [-0.2, 0) is 0 Å². The predicted octanol–water partition coefficient (Wildman–Crippen LogP) is 3.63. The molecule has 0 aliphatic carbocycles. The van der Waals surface area contributed by atoms with Crippen LogP contribution in [0, 0.1) is 0 Å². The Morgan fingerprint density at radius 1 is 1.12 bits per heavy atom. The number of halogens is 1. The Balaban J connectivity index is 2.30. The monoisotopic (exact) mass is 349 g/mol. The Hall–Kier alpha value is -2.47. The molecule has 2 aromatic rings. The number of carbonyl (C=O) groups is 1. The van der Waals surface area contributed by atoms with Gasteiger partial charge in [0.15, 0.2) is 0 Å². The molecule has 1 aromatic heterocycles. The van der Waals surface area contributed by atoms with Gasteiger partial charge in [0.05, 0.1) is 42.4 Å². The number of aromatic nitrogens is 1. The van der Waals surface area contributed by atoms with Crippen molar-refractivity contribution in [3.8, 4) is 11.5 Å². The number of amides is 1. The minimum absolute atomic E-state index is 0.0507. The van der Waals surface area contributed by atoms with E-state index in [1.165, 1.54) is 13.3 Å². The lowest BCUT2D eigenvalue weighted by Gasteiger charge is -2.14. The van der Waals surface area contributed by atoms with Gasteiger partial charge in [0.25, 0.3) is 5.91 Å². The first-order valence-corrected chi connectivity index (χ1v) is 7.76. The van der Waals surface area contributed by atoms with Crippen LogP contribution < -0.4 is 20.1 Å². The first-order valence-electron chi connectivity index (χ1n) is 7.39. The summed E-state index contributed by atoms with van der Waals surface area (Å²) in [5.41, 5.74) is 1.77. The third kappa shape index (κ3) is 4.29. The summed E-state index contributed by atoms with van der Waals surface area (Å²) in [6, 6.07) is 5.15. The van der Waals surface area contributed by atoms with E-state index in [0.29, 0.717) is 33.5 Å². The molecule has 128 valence electrons. The number of benzene rings is 1. The first kappa shape index (κ1) is 17.9. The van der Waals surface area contributed by atoms with Gasteiger partial charge in [-0.25, -0.2) is 0 Å². The van der Waals surface area contributed by atoms with E-state index in [2.05, 4.69) is 15.6 Å². The van der Waals surface area contributed by atoms with Crippen LogP contribution in [0.5, 0.6) is 11.5 Å². The highest BCUT2D eigenvalue weighted by Crippen LogP contribution is 2.37. The van der Waals surface area contributed by atoms with Crippen molar-refractivity contribution < 1.29 is 14.3 Å². The standard InChI is InChI=1S/C17H20ClN3O3/c1-10(2)20-17(22)11-5-12(9-19-8-11)21-14-7-15(23-3)13(18)6-16(14)24-4/h5-10,21H,1-4H3,(H,20,22). The van der Waals surface area contributed by atoms with Gasteiger partial charge >= 0.3 is 0 Å². The van der Waals surface area contributed by atoms with E-state index < -0.39 is 0 Å². The number of nitrogens with zero attached hydrogens (tertiary/aromatic N) is 1. The van der Waals surface area contributed by atoms with Gasteiger partial charge in [0, 0.05) is 24.4 Å². The van der Waals surface area contributed by atoms with Crippen molar-refractivity contribution in [3.05, 3.63) is 41.2 Å². The van der Waals surface area contributed by atoms with Crippen molar-refractivity contribution in [2.75, 3.05) is 19.5 Å². The Morgan fingerprint density at radius 3 is 2.46 bits per heavy atom. The normalized spacial score (nSPS) is 10.4. The number of hydrogen-bond acceptors (Lipinski definition) is 5. The Kier molecular flexibility index (Phi) is 5.87.